The van der Waals surface area contributed by atoms with Gasteiger partial charge in [-0.3, -0.25) is 15.1 Å². The summed E-state index contributed by atoms with van der Waals surface area (Å²) >= 11 is 6.59. The van der Waals surface area contributed by atoms with Gasteiger partial charge in [-0.1, -0.05) is 17.7 Å². The standard InChI is InChI=1S/C25H23ClF3N5O2/c26-18-11-17(34-14-23(5-6-23)24(7-8-24)21(34)35)13-31-20(18)15-3-9-33(10-4-15)22(36)32-19-2-1-16(12-30-19)25(27,28)29/h1-3,11-13H,4-10,14H2,(H,30,32,36). The lowest BCUT2D eigenvalue weighted by atomic mass is 9.89. The number of halogens is 4. The van der Waals surface area contributed by atoms with Crippen LogP contribution in [0.25, 0.3) is 5.57 Å². The number of aromatic nitrogens is 2. The molecule has 188 valence electrons. The largest absolute Gasteiger partial charge is 0.417 e. The van der Waals surface area contributed by atoms with Crippen molar-refractivity contribution in [3.8, 4) is 0 Å². The molecule has 2 aromatic heterocycles. The number of urea groups is 1. The zero-order valence-corrected chi connectivity index (χ0v) is 20.0. The van der Waals surface area contributed by atoms with E-state index in [4.69, 9.17) is 11.6 Å². The Kier molecular flexibility index (Phi) is 5.13. The maximum atomic E-state index is 13.1. The third-order valence-corrected chi connectivity index (χ3v) is 8.29. The van der Waals surface area contributed by atoms with Gasteiger partial charge in [-0.25, -0.2) is 9.78 Å². The van der Waals surface area contributed by atoms with Crippen molar-refractivity contribution in [2.24, 2.45) is 10.8 Å². The highest BCUT2D eigenvalue weighted by Gasteiger charge is 2.74. The lowest BCUT2D eigenvalue weighted by Crippen LogP contribution is -2.38. The molecular weight excluding hydrogens is 495 g/mol. The van der Waals surface area contributed by atoms with Crippen molar-refractivity contribution in [2.75, 3.05) is 29.9 Å². The number of fused-ring (bicyclic) bond motifs is 1. The molecule has 0 unspecified atom stereocenters. The predicted octanol–water partition coefficient (Wildman–Crippen LogP) is 5.38. The average molecular weight is 518 g/mol. The van der Waals surface area contributed by atoms with Crippen molar-refractivity contribution in [2.45, 2.75) is 38.3 Å². The highest BCUT2D eigenvalue weighted by atomic mass is 35.5. The van der Waals surface area contributed by atoms with Crippen LogP contribution < -0.4 is 10.2 Å². The molecule has 11 heteroatoms. The summed E-state index contributed by atoms with van der Waals surface area (Å²) in [6.07, 6.45) is 4.45. The minimum absolute atomic E-state index is 0.0421. The fourth-order valence-corrected chi connectivity index (χ4v) is 5.86. The van der Waals surface area contributed by atoms with E-state index in [-0.39, 0.29) is 29.1 Å². The van der Waals surface area contributed by atoms with Gasteiger partial charge in [-0.05, 0) is 55.9 Å². The normalized spacial score (nSPS) is 21.7. The summed E-state index contributed by atoms with van der Waals surface area (Å²) in [6.45, 7) is 1.41. The fraction of sp³-hybridized carbons (Fsp3) is 0.440. The molecule has 7 nitrogen and oxygen atoms in total. The Morgan fingerprint density at radius 3 is 2.42 bits per heavy atom. The van der Waals surface area contributed by atoms with Crippen molar-refractivity contribution in [3.05, 3.63) is 52.9 Å². The lowest BCUT2D eigenvalue weighted by molar-refractivity contribution is -0.137. The summed E-state index contributed by atoms with van der Waals surface area (Å²) in [5.74, 6) is 0.243. The van der Waals surface area contributed by atoms with Gasteiger partial charge in [0.1, 0.15) is 5.82 Å². The lowest BCUT2D eigenvalue weighted by Gasteiger charge is -2.27. The van der Waals surface area contributed by atoms with Crippen LogP contribution >= 0.6 is 11.6 Å². The van der Waals surface area contributed by atoms with Crippen LogP contribution in [0, 0.1) is 10.8 Å². The van der Waals surface area contributed by atoms with Gasteiger partial charge in [0.2, 0.25) is 5.91 Å². The van der Waals surface area contributed by atoms with E-state index in [1.54, 1.807) is 12.3 Å². The zero-order valence-electron chi connectivity index (χ0n) is 19.2. The maximum absolute atomic E-state index is 13.1. The van der Waals surface area contributed by atoms with Gasteiger partial charge in [0, 0.05) is 31.2 Å². The van der Waals surface area contributed by atoms with E-state index in [1.807, 2.05) is 11.0 Å². The molecule has 36 heavy (non-hydrogen) atoms. The van der Waals surface area contributed by atoms with Gasteiger partial charge in [-0.15, -0.1) is 0 Å². The number of carbonyl (C=O) groups excluding carboxylic acids is 2. The topological polar surface area (TPSA) is 78.4 Å². The molecule has 0 radical (unpaired) electrons. The number of nitrogens with zero attached hydrogens (tertiary/aromatic N) is 4. The van der Waals surface area contributed by atoms with E-state index in [0.717, 1.165) is 55.6 Å². The molecule has 2 spiro atoms. The SMILES string of the molecule is O=C(Nc1ccc(C(F)(F)F)cn1)N1CC=C(c2ncc(N3CC4(CC4)C4(CC4)C3=O)cc2Cl)CC1. The minimum atomic E-state index is -4.49. The molecule has 0 atom stereocenters. The van der Waals surface area contributed by atoms with Gasteiger partial charge in [0.15, 0.2) is 0 Å². The quantitative estimate of drug-likeness (QED) is 0.593. The van der Waals surface area contributed by atoms with Crippen LogP contribution in [-0.4, -0.2) is 46.4 Å². The number of nitrogens with one attached hydrogen (secondary N) is 1. The van der Waals surface area contributed by atoms with Crippen LogP contribution in [0.2, 0.25) is 5.02 Å². The maximum Gasteiger partial charge on any atom is 0.417 e. The number of pyridine rings is 2. The fourth-order valence-electron chi connectivity index (χ4n) is 5.58. The van der Waals surface area contributed by atoms with Crippen LogP contribution in [0.1, 0.15) is 43.4 Å². The minimum Gasteiger partial charge on any atom is -0.320 e. The number of hydrogen-bond donors (Lipinski definition) is 1. The monoisotopic (exact) mass is 517 g/mol. The molecule has 0 bridgehead atoms. The number of rotatable bonds is 3. The summed E-state index contributed by atoms with van der Waals surface area (Å²) in [4.78, 5) is 37.2. The van der Waals surface area contributed by atoms with Gasteiger partial charge >= 0.3 is 12.2 Å². The summed E-state index contributed by atoms with van der Waals surface area (Å²) in [6, 6.07) is 3.34. The molecule has 2 saturated carbocycles. The number of amides is 3. The second kappa shape index (κ2) is 7.93. The Morgan fingerprint density at radius 2 is 1.89 bits per heavy atom. The van der Waals surface area contributed by atoms with Crippen LogP contribution in [-0.2, 0) is 11.0 Å². The molecule has 3 fully saturated rings. The summed E-state index contributed by atoms with van der Waals surface area (Å²) in [7, 11) is 0. The average Bonchev–Trinajstić information content (AvgIpc) is 3.76. The van der Waals surface area contributed by atoms with E-state index >= 15 is 0 Å². The smallest absolute Gasteiger partial charge is 0.320 e. The predicted molar refractivity (Wildman–Crippen MR) is 127 cm³/mol. The zero-order chi connectivity index (χ0) is 25.3. The second-order valence-corrected chi connectivity index (χ2v) is 10.5. The van der Waals surface area contributed by atoms with Crippen molar-refractivity contribution in [1.29, 1.82) is 0 Å². The molecule has 3 amide bonds. The third kappa shape index (κ3) is 3.73. The van der Waals surface area contributed by atoms with Crippen LogP contribution in [0.3, 0.4) is 0 Å². The van der Waals surface area contributed by atoms with E-state index in [0.29, 0.717) is 29.9 Å². The van der Waals surface area contributed by atoms with Gasteiger partial charge in [0.25, 0.3) is 0 Å². The number of anilines is 2. The number of alkyl halides is 3. The molecule has 1 saturated heterocycles. The van der Waals surface area contributed by atoms with E-state index in [9.17, 15) is 22.8 Å². The summed E-state index contributed by atoms with van der Waals surface area (Å²) < 4.78 is 38.1. The van der Waals surface area contributed by atoms with Crippen molar-refractivity contribution >= 4 is 40.6 Å². The van der Waals surface area contributed by atoms with E-state index in [1.165, 1.54) is 4.90 Å². The Balaban J connectivity index is 1.11. The molecule has 2 aliphatic heterocycles. The van der Waals surface area contributed by atoms with Crippen molar-refractivity contribution < 1.29 is 22.8 Å². The highest BCUT2D eigenvalue weighted by Crippen LogP contribution is 2.74. The summed E-state index contributed by atoms with van der Waals surface area (Å²) in [5, 5.41) is 2.98. The number of hydrogen-bond acceptors (Lipinski definition) is 4. The Bertz CT molecular complexity index is 1290. The summed E-state index contributed by atoms with van der Waals surface area (Å²) in [5.41, 5.74) is 1.37. The molecule has 2 aromatic rings. The van der Waals surface area contributed by atoms with Gasteiger partial charge < -0.3 is 9.80 Å². The number of carbonyl (C=O) groups is 2. The van der Waals surface area contributed by atoms with Gasteiger partial charge in [0.05, 0.1) is 33.6 Å². The Morgan fingerprint density at radius 1 is 1.11 bits per heavy atom. The molecule has 6 rings (SSSR count). The Hall–Kier alpha value is -3.14. The van der Waals surface area contributed by atoms with Crippen LogP contribution in [0.15, 0.2) is 36.7 Å². The van der Waals surface area contributed by atoms with Crippen LogP contribution in [0.5, 0.6) is 0 Å². The van der Waals surface area contributed by atoms with E-state index in [2.05, 4.69) is 15.3 Å². The first-order chi connectivity index (χ1) is 17.1. The van der Waals surface area contributed by atoms with Gasteiger partial charge in [-0.2, -0.15) is 13.2 Å². The molecular formula is C25H23ClF3N5O2. The highest BCUT2D eigenvalue weighted by molar-refractivity contribution is 6.32. The third-order valence-electron chi connectivity index (χ3n) is 8.00. The Labute approximate surface area is 210 Å². The molecule has 4 aliphatic rings. The van der Waals surface area contributed by atoms with E-state index < -0.39 is 17.8 Å². The first-order valence-corrected chi connectivity index (χ1v) is 12.3. The molecule has 1 N–H and O–H groups in total. The first kappa shape index (κ1) is 23.3. The second-order valence-electron chi connectivity index (χ2n) is 10.1. The molecule has 0 aromatic carbocycles. The van der Waals surface area contributed by atoms with Crippen LogP contribution in [0.4, 0.5) is 29.5 Å². The first-order valence-electron chi connectivity index (χ1n) is 11.9. The van der Waals surface area contributed by atoms with Crippen molar-refractivity contribution in [1.82, 2.24) is 14.9 Å². The van der Waals surface area contributed by atoms with Crippen molar-refractivity contribution in [3.63, 3.8) is 0 Å². The molecule has 2 aliphatic carbocycles. The molecule has 4 heterocycles.